The van der Waals surface area contributed by atoms with E-state index in [9.17, 15) is 9.59 Å². The summed E-state index contributed by atoms with van der Waals surface area (Å²) in [4.78, 5) is 24.1. The highest BCUT2D eigenvalue weighted by Gasteiger charge is 2.32. The van der Waals surface area contributed by atoms with E-state index >= 15 is 0 Å². The summed E-state index contributed by atoms with van der Waals surface area (Å²) in [5.74, 6) is -1.18. The number of nitrogens with zero attached hydrogens (tertiary/aromatic N) is 1. The van der Waals surface area contributed by atoms with E-state index in [-0.39, 0.29) is 17.9 Å². The lowest BCUT2D eigenvalue weighted by Gasteiger charge is -2.37. The molecule has 0 aromatic heterocycles. The minimum Gasteiger partial charge on any atom is -0.481 e. The number of carboxylic acids is 1. The fourth-order valence-corrected chi connectivity index (χ4v) is 1.99. The second kappa shape index (κ2) is 4.61. The number of carbonyl (C=O) groups is 2. The van der Waals surface area contributed by atoms with Crippen LogP contribution in [0.5, 0.6) is 0 Å². The number of likely N-dealkylation sites (tertiary alicyclic amines) is 1. The minimum atomic E-state index is -0.769. The molecule has 1 saturated heterocycles. The Bertz CT molecular complexity index is 265. The topological polar surface area (TPSA) is 83.6 Å². The monoisotopic (exact) mass is 214 g/mol. The SMILES string of the molecule is CC1CC(C(=O)O)CCN1C(=O)[C@H](C)N. The van der Waals surface area contributed by atoms with Gasteiger partial charge in [-0.25, -0.2) is 0 Å². The Balaban J connectivity index is 2.60. The van der Waals surface area contributed by atoms with Crippen LogP contribution in [-0.2, 0) is 9.59 Å². The summed E-state index contributed by atoms with van der Waals surface area (Å²) in [7, 11) is 0. The third kappa shape index (κ3) is 2.68. The Labute approximate surface area is 89.2 Å². The molecule has 5 nitrogen and oxygen atoms in total. The molecular weight excluding hydrogens is 196 g/mol. The molecule has 0 saturated carbocycles. The summed E-state index contributed by atoms with van der Waals surface area (Å²) in [6, 6.07) is -0.535. The highest BCUT2D eigenvalue weighted by molar-refractivity contribution is 5.82. The molecule has 0 bridgehead atoms. The number of hydrogen-bond acceptors (Lipinski definition) is 3. The molecule has 3 N–H and O–H groups in total. The van der Waals surface area contributed by atoms with Crippen LogP contribution >= 0.6 is 0 Å². The molecule has 0 radical (unpaired) electrons. The lowest BCUT2D eigenvalue weighted by molar-refractivity contribution is -0.147. The molecule has 1 fully saturated rings. The van der Waals surface area contributed by atoms with Crippen molar-refractivity contribution in [2.24, 2.45) is 11.7 Å². The van der Waals surface area contributed by atoms with E-state index in [1.54, 1.807) is 11.8 Å². The van der Waals surface area contributed by atoms with E-state index in [0.29, 0.717) is 19.4 Å². The van der Waals surface area contributed by atoms with Crippen LogP contribution in [0.1, 0.15) is 26.7 Å². The van der Waals surface area contributed by atoms with E-state index in [2.05, 4.69) is 0 Å². The third-order valence-electron chi connectivity index (χ3n) is 2.90. The average molecular weight is 214 g/mol. The summed E-state index contributed by atoms with van der Waals surface area (Å²) in [5, 5.41) is 8.86. The molecule has 0 aromatic carbocycles. The molecule has 1 aliphatic rings. The molecule has 0 aromatic rings. The number of carboxylic acid groups (broad SMARTS) is 1. The van der Waals surface area contributed by atoms with Gasteiger partial charge in [0.05, 0.1) is 12.0 Å². The molecular formula is C10H18N2O3. The molecule has 1 heterocycles. The van der Waals surface area contributed by atoms with Crippen molar-refractivity contribution in [2.45, 2.75) is 38.8 Å². The number of hydrogen-bond donors (Lipinski definition) is 2. The number of carbonyl (C=O) groups excluding carboxylic acids is 1. The number of piperidine rings is 1. The molecule has 1 aliphatic heterocycles. The van der Waals surface area contributed by atoms with Gasteiger partial charge < -0.3 is 15.7 Å². The van der Waals surface area contributed by atoms with Gasteiger partial charge in [-0.05, 0) is 26.7 Å². The number of rotatable bonds is 2. The van der Waals surface area contributed by atoms with Gasteiger partial charge in [0.25, 0.3) is 0 Å². The molecule has 2 unspecified atom stereocenters. The van der Waals surface area contributed by atoms with Gasteiger partial charge in [-0.1, -0.05) is 0 Å². The molecule has 5 heteroatoms. The van der Waals surface area contributed by atoms with Gasteiger partial charge in [0.15, 0.2) is 0 Å². The molecule has 3 atom stereocenters. The zero-order valence-corrected chi connectivity index (χ0v) is 9.14. The maximum Gasteiger partial charge on any atom is 0.306 e. The molecule has 15 heavy (non-hydrogen) atoms. The van der Waals surface area contributed by atoms with Crippen LogP contribution in [0, 0.1) is 5.92 Å². The Kier molecular flexibility index (Phi) is 3.68. The van der Waals surface area contributed by atoms with Gasteiger partial charge in [-0.3, -0.25) is 9.59 Å². The molecule has 1 amide bonds. The second-order valence-corrected chi connectivity index (χ2v) is 4.23. The fraction of sp³-hybridized carbons (Fsp3) is 0.800. The smallest absolute Gasteiger partial charge is 0.306 e. The van der Waals surface area contributed by atoms with Gasteiger partial charge in [-0.15, -0.1) is 0 Å². The van der Waals surface area contributed by atoms with Crippen molar-refractivity contribution in [1.82, 2.24) is 4.90 Å². The normalized spacial score (nSPS) is 28.6. The lowest BCUT2D eigenvalue weighted by atomic mass is 9.91. The predicted octanol–water partition coefficient (Wildman–Crippen LogP) is 0.0453. The Morgan fingerprint density at radius 1 is 1.53 bits per heavy atom. The Hall–Kier alpha value is -1.10. The Morgan fingerprint density at radius 2 is 2.13 bits per heavy atom. The number of nitrogens with two attached hydrogens (primary N) is 1. The average Bonchev–Trinajstić information content (AvgIpc) is 2.16. The quantitative estimate of drug-likeness (QED) is 0.680. The molecule has 0 aliphatic carbocycles. The highest BCUT2D eigenvalue weighted by Crippen LogP contribution is 2.23. The van der Waals surface area contributed by atoms with Crippen LogP contribution < -0.4 is 5.73 Å². The summed E-state index contributed by atoms with van der Waals surface area (Å²) in [6.45, 7) is 4.02. The van der Waals surface area contributed by atoms with Crippen molar-refractivity contribution in [2.75, 3.05) is 6.54 Å². The van der Waals surface area contributed by atoms with E-state index < -0.39 is 12.0 Å². The largest absolute Gasteiger partial charge is 0.481 e. The second-order valence-electron chi connectivity index (χ2n) is 4.23. The molecule has 0 spiro atoms. The van der Waals surface area contributed by atoms with Crippen molar-refractivity contribution >= 4 is 11.9 Å². The third-order valence-corrected chi connectivity index (χ3v) is 2.90. The van der Waals surface area contributed by atoms with Crippen LogP contribution in [0.3, 0.4) is 0 Å². The van der Waals surface area contributed by atoms with Crippen LogP contribution in [0.25, 0.3) is 0 Å². The standard InChI is InChI=1S/C10H18N2O3/c1-6-5-8(10(14)15)3-4-12(6)9(13)7(2)11/h6-8H,3-5,11H2,1-2H3,(H,14,15)/t6?,7-,8?/m0/s1. The van der Waals surface area contributed by atoms with Crippen molar-refractivity contribution in [1.29, 1.82) is 0 Å². The van der Waals surface area contributed by atoms with Crippen molar-refractivity contribution in [3.05, 3.63) is 0 Å². The van der Waals surface area contributed by atoms with Crippen LogP contribution in [0.15, 0.2) is 0 Å². The predicted molar refractivity (Wildman–Crippen MR) is 55.2 cm³/mol. The maximum absolute atomic E-state index is 11.6. The lowest BCUT2D eigenvalue weighted by Crippen LogP contribution is -2.51. The van der Waals surface area contributed by atoms with Gasteiger partial charge in [0, 0.05) is 12.6 Å². The molecule has 1 rings (SSSR count). The van der Waals surface area contributed by atoms with Crippen molar-refractivity contribution in [3.8, 4) is 0 Å². The summed E-state index contributed by atoms with van der Waals surface area (Å²) >= 11 is 0. The summed E-state index contributed by atoms with van der Waals surface area (Å²) in [5.41, 5.74) is 5.52. The van der Waals surface area contributed by atoms with Gasteiger partial charge in [0.1, 0.15) is 0 Å². The van der Waals surface area contributed by atoms with Gasteiger partial charge in [-0.2, -0.15) is 0 Å². The van der Waals surface area contributed by atoms with E-state index in [1.807, 2.05) is 6.92 Å². The first-order chi connectivity index (χ1) is 6.93. The first kappa shape index (κ1) is 12.0. The summed E-state index contributed by atoms with van der Waals surface area (Å²) in [6.07, 6.45) is 1.05. The minimum absolute atomic E-state index is 0.0293. The van der Waals surface area contributed by atoms with E-state index in [0.717, 1.165) is 0 Å². The highest BCUT2D eigenvalue weighted by atomic mass is 16.4. The Morgan fingerprint density at radius 3 is 2.53 bits per heavy atom. The van der Waals surface area contributed by atoms with Gasteiger partial charge >= 0.3 is 5.97 Å². The first-order valence-electron chi connectivity index (χ1n) is 5.22. The van der Waals surface area contributed by atoms with Gasteiger partial charge in [0.2, 0.25) is 5.91 Å². The zero-order chi connectivity index (χ0) is 11.6. The molecule has 86 valence electrons. The zero-order valence-electron chi connectivity index (χ0n) is 9.14. The fourth-order valence-electron chi connectivity index (χ4n) is 1.99. The number of aliphatic carboxylic acids is 1. The van der Waals surface area contributed by atoms with Crippen LogP contribution in [-0.4, -0.2) is 40.5 Å². The maximum atomic E-state index is 11.6. The van der Waals surface area contributed by atoms with E-state index in [4.69, 9.17) is 10.8 Å². The van der Waals surface area contributed by atoms with Crippen molar-refractivity contribution in [3.63, 3.8) is 0 Å². The van der Waals surface area contributed by atoms with Crippen LogP contribution in [0.4, 0.5) is 0 Å². The van der Waals surface area contributed by atoms with E-state index in [1.165, 1.54) is 0 Å². The van der Waals surface area contributed by atoms with Crippen molar-refractivity contribution < 1.29 is 14.7 Å². The van der Waals surface area contributed by atoms with Crippen LogP contribution in [0.2, 0.25) is 0 Å². The summed E-state index contributed by atoms with van der Waals surface area (Å²) < 4.78 is 0. The first-order valence-corrected chi connectivity index (χ1v) is 5.22. The number of amides is 1.